The van der Waals surface area contributed by atoms with E-state index in [2.05, 4.69) is 217 Å². The minimum atomic E-state index is -0.124. The van der Waals surface area contributed by atoms with Crippen molar-refractivity contribution in [3.8, 4) is 16.8 Å². The lowest BCUT2D eigenvalue weighted by atomic mass is 9.82. The van der Waals surface area contributed by atoms with Crippen LogP contribution in [0.2, 0.25) is 0 Å². The molecule has 0 atom stereocenters. The zero-order valence-electron chi connectivity index (χ0n) is 33.3. The predicted octanol–water partition coefficient (Wildman–Crippen LogP) is 16.4. The van der Waals surface area contributed by atoms with Crippen LogP contribution >= 0.6 is 11.3 Å². The molecule has 10 aromatic carbocycles. The SMILES string of the molecule is CC1(C)c2ccccc2-c2ccc(N(c3ccc4ccccc4c3)c3ccc4c(c3)c3c5ccccc5c5c6ccccc6sc5c3n4-c3cccc4ccccc34)cc21. The Labute approximate surface area is 351 Å². The van der Waals surface area contributed by atoms with Gasteiger partial charge in [-0.3, -0.25) is 0 Å². The molecule has 0 amide bonds. The molecule has 0 unspecified atom stereocenters. The molecular weight excluding hydrogens is 745 g/mol. The van der Waals surface area contributed by atoms with Crippen LogP contribution in [0.25, 0.3) is 91.1 Å². The first-order chi connectivity index (χ1) is 29.5. The van der Waals surface area contributed by atoms with Crippen molar-refractivity contribution in [3.05, 3.63) is 205 Å². The second-order valence-electron chi connectivity index (χ2n) is 16.9. The van der Waals surface area contributed by atoms with Crippen molar-refractivity contribution in [1.29, 1.82) is 0 Å². The summed E-state index contributed by atoms with van der Waals surface area (Å²) in [6, 6.07) is 72.4. The molecule has 0 N–H and O–H groups in total. The van der Waals surface area contributed by atoms with Gasteiger partial charge in [0, 0.05) is 54.1 Å². The summed E-state index contributed by atoms with van der Waals surface area (Å²) in [5.74, 6) is 0. The minimum absolute atomic E-state index is 0.124. The lowest BCUT2D eigenvalue weighted by Crippen LogP contribution is -2.16. The fourth-order valence-electron chi connectivity index (χ4n) is 10.6. The Morgan fingerprint density at radius 3 is 1.92 bits per heavy atom. The summed E-state index contributed by atoms with van der Waals surface area (Å²) in [4.78, 5) is 2.48. The van der Waals surface area contributed by atoms with Crippen molar-refractivity contribution in [2.24, 2.45) is 0 Å². The quantitative estimate of drug-likeness (QED) is 0.173. The van der Waals surface area contributed by atoms with Crippen molar-refractivity contribution in [2.75, 3.05) is 4.90 Å². The van der Waals surface area contributed by atoms with Gasteiger partial charge < -0.3 is 9.47 Å². The van der Waals surface area contributed by atoms with E-state index in [1.54, 1.807) is 0 Å². The van der Waals surface area contributed by atoms with Crippen LogP contribution in [-0.2, 0) is 5.41 Å². The Kier molecular flexibility index (Phi) is 6.98. The van der Waals surface area contributed by atoms with Crippen LogP contribution in [0.15, 0.2) is 194 Å². The highest BCUT2D eigenvalue weighted by molar-refractivity contribution is 7.27. The van der Waals surface area contributed by atoms with Crippen molar-refractivity contribution < 1.29 is 0 Å². The lowest BCUT2D eigenvalue weighted by Gasteiger charge is -2.28. The zero-order valence-corrected chi connectivity index (χ0v) is 34.1. The fourth-order valence-corrected chi connectivity index (χ4v) is 11.8. The topological polar surface area (TPSA) is 8.17 Å². The van der Waals surface area contributed by atoms with E-state index in [0.717, 1.165) is 17.1 Å². The standard InChI is InChI=1S/C57H38N2S/c1-57(2)48-23-11-9-19-42(48)43-30-28-40(34-49(43)57)58(38-27-26-35-14-3-4-16-37(35)32-38)39-29-31-51-47(33-39)53-44-20-7-8-21-45(44)54-46-22-10-12-25-52(46)60-56(54)55(53)59(51)50-24-13-17-36-15-5-6-18-41(36)50/h3-34H,1-2H3. The Hall–Kier alpha value is -7.20. The molecule has 0 saturated heterocycles. The first kappa shape index (κ1) is 33.7. The van der Waals surface area contributed by atoms with Crippen molar-refractivity contribution >= 4 is 103 Å². The number of hydrogen-bond donors (Lipinski definition) is 0. The average molecular weight is 783 g/mol. The van der Waals surface area contributed by atoms with Gasteiger partial charge in [-0.1, -0.05) is 153 Å². The molecule has 0 saturated carbocycles. The van der Waals surface area contributed by atoms with E-state index in [1.807, 2.05) is 11.3 Å². The molecule has 2 nitrogen and oxygen atoms in total. The van der Waals surface area contributed by atoms with Gasteiger partial charge in [-0.25, -0.2) is 0 Å². The number of rotatable bonds is 4. The summed E-state index contributed by atoms with van der Waals surface area (Å²) in [6.07, 6.45) is 0. The molecular formula is C57H38N2S. The smallest absolute Gasteiger partial charge is 0.0726 e. The number of hydrogen-bond acceptors (Lipinski definition) is 2. The van der Waals surface area contributed by atoms with E-state index in [4.69, 9.17) is 0 Å². The Morgan fingerprint density at radius 2 is 1.05 bits per heavy atom. The number of benzene rings is 10. The minimum Gasteiger partial charge on any atom is -0.310 e. The van der Waals surface area contributed by atoms with E-state index in [0.29, 0.717) is 0 Å². The zero-order chi connectivity index (χ0) is 39.7. The summed E-state index contributed by atoms with van der Waals surface area (Å²) in [5.41, 5.74) is 12.4. The number of thiophene rings is 1. The summed E-state index contributed by atoms with van der Waals surface area (Å²) < 4.78 is 5.20. The molecule has 12 aromatic rings. The molecule has 1 aliphatic rings. The molecule has 0 bridgehead atoms. The van der Waals surface area contributed by atoms with Gasteiger partial charge in [0.05, 0.1) is 21.4 Å². The van der Waals surface area contributed by atoms with Gasteiger partial charge in [-0.05, 0) is 104 Å². The predicted molar refractivity (Wildman–Crippen MR) is 258 cm³/mol. The second kappa shape index (κ2) is 12.4. The summed E-state index contributed by atoms with van der Waals surface area (Å²) in [5, 5.41) is 12.7. The number of anilines is 3. The molecule has 2 aromatic heterocycles. The molecule has 1 aliphatic carbocycles. The average Bonchev–Trinajstić information content (AvgIpc) is 3.92. The van der Waals surface area contributed by atoms with Crippen LogP contribution in [0, 0.1) is 0 Å². The van der Waals surface area contributed by atoms with Gasteiger partial charge in [0.2, 0.25) is 0 Å². The van der Waals surface area contributed by atoms with Crippen LogP contribution in [0.4, 0.5) is 17.1 Å². The molecule has 3 heteroatoms. The first-order valence-electron chi connectivity index (χ1n) is 20.8. The van der Waals surface area contributed by atoms with E-state index >= 15 is 0 Å². The van der Waals surface area contributed by atoms with Crippen LogP contribution in [0.1, 0.15) is 25.0 Å². The summed E-state index contributed by atoms with van der Waals surface area (Å²) in [7, 11) is 0. The third-order valence-electron chi connectivity index (χ3n) is 13.3. The van der Waals surface area contributed by atoms with Gasteiger partial charge in [0.1, 0.15) is 0 Å². The summed E-state index contributed by atoms with van der Waals surface area (Å²) >= 11 is 1.92. The molecule has 13 rings (SSSR count). The van der Waals surface area contributed by atoms with E-state index in [9.17, 15) is 0 Å². The monoisotopic (exact) mass is 782 g/mol. The molecule has 0 aliphatic heterocycles. The van der Waals surface area contributed by atoms with Gasteiger partial charge in [-0.2, -0.15) is 0 Å². The third-order valence-corrected chi connectivity index (χ3v) is 14.5. The maximum atomic E-state index is 2.57. The normalized spacial score (nSPS) is 13.3. The van der Waals surface area contributed by atoms with Crippen molar-refractivity contribution in [2.45, 2.75) is 19.3 Å². The van der Waals surface area contributed by atoms with Crippen LogP contribution in [0.5, 0.6) is 0 Å². The van der Waals surface area contributed by atoms with E-state index in [1.165, 1.54) is 102 Å². The van der Waals surface area contributed by atoms with Crippen molar-refractivity contribution in [1.82, 2.24) is 4.57 Å². The highest BCUT2D eigenvalue weighted by Gasteiger charge is 2.36. The van der Waals surface area contributed by atoms with Crippen LogP contribution in [-0.4, -0.2) is 4.57 Å². The molecule has 60 heavy (non-hydrogen) atoms. The summed E-state index contributed by atoms with van der Waals surface area (Å²) in [6.45, 7) is 4.74. The van der Waals surface area contributed by atoms with Gasteiger partial charge in [0.25, 0.3) is 0 Å². The molecule has 0 fully saturated rings. The highest BCUT2D eigenvalue weighted by Crippen LogP contribution is 2.52. The number of fused-ring (bicyclic) bond motifs is 15. The van der Waals surface area contributed by atoms with Crippen LogP contribution in [0.3, 0.4) is 0 Å². The van der Waals surface area contributed by atoms with Gasteiger partial charge in [0.15, 0.2) is 0 Å². The van der Waals surface area contributed by atoms with Gasteiger partial charge in [-0.15, -0.1) is 11.3 Å². The lowest BCUT2D eigenvalue weighted by molar-refractivity contribution is 0.660. The number of nitrogens with zero attached hydrogens (tertiary/aromatic N) is 2. The van der Waals surface area contributed by atoms with Gasteiger partial charge >= 0.3 is 0 Å². The molecule has 282 valence electrons. The van der Waals surface area contributed by atoms with E-state index < -0.39 is 0 Å². The Morgan fingerprint density at radius 1 is 0.433 bits per heavy atom. The Bertz CT molecular complexity index is 3760. The fraction of sp³-hybridized carbons (Fsp3) is 0.0526. The van der Waals surface area contributed by atoms with E-state index in [-0.39, 0.29) is 5.41 Å². The third kappa shape index (κ3) is 4.64. The number of aromatic nitrogens is 1. The maximum absolute atomic E-state index is 2.57. The maximum Gasteiger partial charge on any atom is 0.0726 e. The highest BCUT2D eigenvalue weighted by atomic mass is 32.1. The van der Waals surface area contributed by atoms with Crippen LogP contribution < -0.4 is 4.90 Å². The first-order valence-corrected chi connectivity index (χ1v) is 21.7. The molecule has 0 radical (unpaired) electrons. The molecule has 2 heterocycles. The second-order valence-corrected chi connectivity index (χ2v) is 17.9. The largest absolute Gasteiger partial charge is 0.310 e. The Balaban J connectivity index is 1.15. The van der Waals surface area contributed by atoms with Crippen molar-refractivity contribution in [3.63, 3.8) is 0 Å². The molecule has 0 spiro atoms.